The summed E-state index contributed by atoms with van der Waals surface area (Å²) in [7, 11) is 0. The third-order valence-electron chi connectivity index (χ3n) is 5.48. The minimum Gasteiger partial charge on any atom is -0.486 e. The lowest BCUT2D eigenvalue weighted by Crippen LogP contribution is -2.30. The Balaban J connectivity index is 1.33. The van der Waals surface area contributed by atoms with Crippen LogP contribution in [0.15, 0.2) is 30.3 Å². The topological polar surface area (TPSA) is 67.9 Å². The van der Waals surface area contributed by atoms with E-state index < -0.39 is 0 Å². The van der Waals surface area contributed by atoms with E-state index in [-0.39, 0.29) is 23.8 Å². The first kappa shape index (κ1) is 17.6. The molecule has 2 amide bonds. The standard InChI is InChI=1S/C21H22N2O4S/c24-20(13-3-4-13)22-19-8-7-18(28-19)21(25)23-9-1-2-15(23)14-5-6-16-17(12-14)27-11-10-26-16/h5-8,12-13,15H,1-4,9-11H2,(H,22,24)/t15-/m0/s1. The Morgan fingerprint density at radius 1 is 1.04 bits per heavy atom. The van der Waals surface area contributed by atoms with Crippen molar-refractivity contribution in [1.29, 1.82) is 0 Å². The highest BCUT2D eigenvalue weighted by molar-refractivity contribution is 7.18. The first-order valence-electron chi connectivity index (χ1n) is 9.80. The molecule has 2 aromatic rings. The number of amides is 2. The Morgan fingerprint density at radius 2 is 1.86 bits per heavy atom. The average Bonchev–Trinajstić information content (AvgIpc) is 3.28. The second kappa shape index (κ2) is 7.13. The summed E-state index contributed by atoms with van der Waals surface area (Å²) in [6.45, 7) is 1.85. The van der Waals surface area contributed by atoms with Crippen molar-refractivity contribution >= 4 is 28.2 Å². The van der Waals surface area contributed by atoms with Crippen molar-refractivity contribution in [2.24, 2.45) is 5.92 Å². The zero-order valence-corrected chi connectivity index (χ0v) is 16.3. The average molecular weight is 398 g/mol. The zero-order valence-electron chi connectivity index (χ0n) is 15.5. The van der Waals surface area contributed by atoms with E-state index in [1.807, 2.05) is 35.2 Å². The molecule has 3 aliphatic rings. The second-order valence-electron chi connectivity index (χ2n) is 7.49. The molecule has 28 heavy (non-hydrogen) atoms. The number of ether oxygens (including phenoxy) is 2. The third kappa shape index (κ3) is 3.35. The summed E-state index contributed by atoms with van der Waals surface area (Å²) in [5.74, 6) is 1.76. The molecule has 1 N–H and O–H groups in total. The number of carbonyl (C=O) groups is 2. The molecular formula is C21H22N2O4S. The van der Waals surface area contributed by atoms with Gasteiger partial charge < -0.3 is 19.7 Å². The molecule has 0 bridgehead atoms. The molecule has 146 valence electrons. The molecule has 7 heteroatoms. The lowest BCUT2D eigenvalue weighted by atomic mass is 10.0. The summed E-state index contributed by atoms with van der Waals surface area (Å²) in [5.41, 5.74) is 1.08. The van der Waals surface area contributed by atoms with E-state index >= 15 is 0 Å². The van der Waals surface area contributed by atoms with Crippen LogP contribution in [0.2, 0.25) is 0 Å². The van der Waals surface area contributed by atoms with Gasteiger partial charge in [0.15, 0.2) is 11.5 Å². The van der Waals surface area contributed by atoms with E-state index in [0.29, 0.717) is 18.1 Å². The van der Waals surface area contributed by atoms with Gasteiger partial charge in [0.25, 0.3) is 5.91 Å². The van der Waals surface area contributed by atoms with Crippen LogP contribution in [0.3, 0.4) is 0 Å². The molecule has 1 aromatic heterocycles. The number of hydrogen-bond donors (Lipinski definition) is 1. The Labute approximate surface area is 167 Å². The molecule has 2 fully saturated rings. The number of likely N-dealkylation sites (tertiary alicyclic amines) is 1. The molecule has 1 atom stereocenters. The lowest BCUT2D eigenvalue weighted by molar-refractivity contribution is -0.117. The van der Waals surface area contributed by atoms with E-state index in [0.717, 1.165) is 54.3 Å². The molecule has 1 aromatic carbocycles. The largest absolute Gasteiger partial charge is 0.486 e. The number of anilines is 1. The van der Waals surface area contributed by atoms with Gasteiger partial charge in [0.05, 0.1) is 15.9 Å². The first-order valence-corrected chi connectivity index (χ1v) is 10.6. The van der Waals surface area contributed by atoms with Crippen molar-refractivity contribution in [3.05, 3.63) is 40.8 Å². The summed E-state index contributed by atoms with van der Waals surface area (Å²) in [6, 6.07) is 9.64. The SMILES string of the molecule is O=C(Nc1ccc(C(=O)N2CCC[C@H]2c2ccc3c(c2)OCCO3)s1)C1CC1. The van der Waals surface area contributed by atoms with Crippen molar-refractivity contribution in [3.63, 3.8) is 0 Å². The quantitative estimate of drug-likeness (QED) is 0.850. The molecule has 2 aliphatic heterocycles. The maximum atomic E-state index is 13.1. The van der Waals surface area contributed by atoms with Crippen LogP contribution in [-0.2, 0) is 4.79 Å². The highest BCUT2D eigenvalue weighted by Gasteiger charge is 2.33. The van der Waals surface area contributed by atoms with Gasteiger partial charge in [-0.05, 0) is 55.5 Å². The Morgan fingerprint density at radius 3 is 2.68 bits per heavy atom. The van der Waals surface area contributed by atoms with E-state index in [9.17, 15) is 9.59 Å². The monoisotopic (exact) mass is 398 g/mol. The molecule has 0 radical (unpaired) electrons. The van der Waals surface area contributed by atoms with Gasteiger partial charge in [0, 0.05) is 12.5 Å². The Bertz CT molecular complexity index is 921. The number of benzene rings is 1. The normalized spacial score (nSPS) is 20.9. The fraction of sp³-hybridized carbons (Fsp3) is 0.429. The van der Waals surface area contributed by atoms with Gasteiger partial charge in [-0.15, -0.1) is 11.3 Å². The smallest absolute Gasteiger partial charge is 0.264 e. The van der Waals surface area contributed by atoms with Gasteiger partial charge in [-0.2, -0.15) is 0 Å². The molecule has 1 aliphatic carbocycles. The summed E-state index contributed by atoms with van der Waals surface area (Å²) >= 11 is 1.35. The van der Waals surface area contributed by atoms with Crippen LogP contribution in [0, 0.1) is 5.92 Å². The van der Waals surface area contributed by atoms with Crippen LogP contribution in [0.1, 0.15) is 47.0 Å². The van der Waals surface area contributed by atoms with Gasteiger partial charge in [0.2, 0.25) is 5.91 Å². The van der Waals surface area contributed by atoms with Crippen LogP contribution >= 0.6 is 11.3 Å². The second-order valence-corrected chi connectivity index (χ2v) is 8.57. The summed E-state index contributed by atoms with van der Waals surface area (Å²) < 4.78 is 11.3. The van der Waals surface area contributed by atoms with Gasteiger partial charge in [-0.3, -0.25) is 9.59 Å². The zero-order chi connectivity index (χ0) is 19.1. The van der Waals surface area contributed by atoms with Crippen molar-refractivity contribution in [2.75, 3.05) is 25.1 Å². The number of thiophene rings is 1. The molecule has 3 heterocycles. The van der Waals surface area contributed by atoms with E-state index in [1.165, 1.54) is 11.3 Å². The highest BCUT2D eigenvalue weighted by Crippen LogP contribution is 2.39. The maximum Gasteiger partial charge on any atom is 0.264 e. The van der Waals surface area contributed by atoms with Crippen LogP contribution in [0.5, 0.6) is 11.5 Å². The predicted octanol–water partition coefficient (Wildman–Crippen LogP) is 3.85. The number of fused-ring (bicyclic) bond motifs is 1. The number of nitrogens with one attached hydrogen (secondary N) is 1. The van der Waals surface area contributed by atoms with Gasteiger partial charge in [0.1, 0.15) is 13.2 Å². The minimum absolute atomic E-state index is 0.0225. The van der Waals surface area contributed by atoms with E-state index in [2.05, 4.69) is 5.32 Å². The number of carbonyl (C=O) groups excluding carboxylic acids is 2. The molecule has 0 unspecified atom stereocenters. The van der Waals surface area contributed by atoms with Crippen molar-refractivity contribution in [2.45, 2.75) is 31.7 Å². The predicted molar refractivity (Wildman–Crippen MR) is 106 cm³/mol. The molecular weight excluding hydrogens is 376 g/mol. The molecule has 1 saturated carbocycles. The van der Waals surface area contributed by atoms with Gasteiger partial charge >= 0.3 is 0 Å². The number of rotatable bonds is 4. The van der Waals surface area contributed by atoms with Gasteiger partial charge in [-0.25, -0.2) is 0 Å². The Hall–Kier alpha value is -2.54. The summed E-state index contributed by atoms with van der Waals surface area (Å²) in [6.07, 6.45) is 3.84. The number of nitrogens with zero attached hydrogens (tertiary/aromatic N) is 1. The fourth-order valence-corrected chi connectivity index (χ4v) is 4.72. The van der Waals surface area contributed by atoms with Crippen LogP contribution < -0.4 is 14.8 Å². The molecule has 0 spiro atoms. The van der Waals surface area contributed by atoms with E-state index in [1.54, 1.807) is 0 Å². The van der Waals surface area contributed by atoms with Crippen molar-refractivity contribution in [3.8, 4) is 11.5 Å². The molecule has 6 nitrogen and oxygen atoms in total. The Kier molecular flexibility index (Phi) is 4.47. The van der Waals surface area contributed by atoms with Crippen LogP contribution in [0.25, 0.3) is 0 Å². The molecule has 1 saturated heterocycles. The lowest BCUT2D eigenvalue weighted by Gasteiger charge is -2.26. The summed E-state index contributed by atoms with van der Waals surface area (Å²) in [4.78, 5) is 27.7. The van der Waals surface area contributed by atoms with Crippen molar-refractivity contribution in [1.82, 2.24) is 4.90 Å². The maximum absolute atomic E-state index is 13.1. The third-order valence-corrected chi connectivity index (χ3v) is 6.46. The van der Waals surface area contributed by atoms with Crippen molar-refractivity contribution < 1.29 is 19.1 Å². The fourth-order valence-electron chi connectivity index (χ4n) is 3.85. The van der Waals surface area contributed by atoms with Crippen LogP contribution in [0.4, 0.5) is 5.00 Å². The minimum atomic E-state index is 0.0225. The van der Waals surface area contributed by atoms with Crippen LogP contribution in [-0.4, -0.2) is 36.5 Å². The van der Waals surface area contributed by atoms with Gasteiger partial charge in [-0.1, -0.05) is 6.07 Å². The number of hydrogen-bond acceptors (Lipinski definition) is 5. The first-order chi connectivity index (χ1) is 13.7. The van der Waals surface area contributed by atoms with E-state index in [4.69, 9.17) is 9.47 Å². The molecule has 5 rings (SSSR count). The highest BCUT2D eigenvalue weighted by atomic mass is 32.1. The summed E-state index contributed by atoms with van der Waals surface area (Å²) in [5, 5.41) is 3.67.